The normalized spacial score (nSPS) is 15.5. The van der Waals surface area contributed by atoms with Gasteiger partial charge in [-0.3, -0.25) is 4.90 Å². The van der Waals surface area contributed by atoms with E-state index in [-0.39, 0.29) is 12.0 Å². The zero-order chi connectivity index (χ0) is 17.5. The lowest BCUT2D eigenvalue weighted by Gasteiger charge is -2.30. The second-order valence-electron chi connectivity index (χ2n) is 7.59. The summed E-state index contributed by atoms with van der Waals surface area (Å²) in [6, 6.07) is 6.89. The molecule has 1 aliphatic heterocycles. The minimum atomic E-state index is -0.0923. The number of aliphatic hydroxyl groups is 1. The van der Waals surface area contributed by atoms with E-state index in [1.165, 1.54) is 16.7 Å². The topological polar surface area (TPSA) is 46.2 Å². The van der Waals surface area contributed by atoms with Crippen LogP contribution in [0.15, 0.2) is 18.2 Å². The van der Waals surface area contributed by atoms with E-state index in [1.807, 2.05) is 7.05 Å². The maximum atomic E-state index is 9.34. The van der Waals surface area contributed by atoms with E-state index >= 15 is 0 Å². The highest BCUT2D eigenvalue weighted by Crippen LogP contribution is 2.27. The van der Waals surface area contributed by atoms with Crippen molar-refractivity contribution in [3.8, 4) is 0 Å². The van der Waals surface area contributed by atoms with E-state index in [0.717, 1.165) is 19.5 Å². The molecular formula is C18H26N4OS. The molecule has 2 heterocycles. The van der Waals surface area contributed by atoms with Crippen LogP contribution in [-0.4, -0.2) is 30.9 Å². The zero-order valence-electron chi connectivity index (χ0n) is 14.9. The molecule has 0 amide bonds. The molecule has 0 atom stereocenters. The molecule has 2 aromatic rings. The Morgan fingerprint density at radius 3 is 2.62 bits per heavy atom. The van der Waals surface area contributed by atoms with Crippen molar-refractivity contribution < 1.29 is 5.11 Å². The van der Waals surface area contributed by atoms with Crippen molar-refractivity contribution in [3.63, 3.8) is 0 Å². The summed E-state index contributed by atoms with van der Waals surface area (Å²) in [5.74, 6) is 0.604. The molecule has 0 radical (unpaired) electrons. The van der Waals surface area contributed by atoms with Crippen LogP contribution in [-0.2, 0) is 38.7 Å². The number of benzene rings is 1. The van der Waals surface area contributed by atoms with Gasteiger partial charge in [-0.25, -0.2) is 4.68 Å². The van der Waals surface area contributed by atoms with E-state index in [9.17, 15) is 5.11 Å². The first kappa shape index (κ1) is 17.3. The minimum Gasteiger partial charge on any atom is -0.388 e. The summed E-state index contributed by atoms with van der Waals surface area (Å²) in [6.07, 6.45) is 1.05. The molecule has 5 nitrogen and oxygen atoms in total. The van der Waals surface area contributed by atoms with Gasteiger partial charge >= 0.3 is 0 Å². The standard InChI is InChI=1S/C18H26N4OS/c1-18(2,3)15-6-5-13-7-8-21(10-14(13)9-15)12-22-17(24)20(4)16(11-23)19-22/h5-6,9,23H,7-8,10-12H2,1-4H3. The van der Waals surface area contributed by atoms with E-state index in [1.54, 1.807) is 9.25 Å². The lowest BCUT2D eigenvalue weighted by molar-refractivity contribution is 0.186. The molecule has 0 saturated heterocycles. The maximum absolute atomic E-state index is 9.34. The van der Waals surface area contributed by atoms with E-state index < -0.39 is 0 Å². The monoisotopic (exact) mass is 346 g/mol. The molecule has 24 heavy (non-hydrogen) atoms. The van der Waals surface area contributed by atoms with E-state index in [4.69, 9.17) is 12.2 Å². The summed E-state index contributed by atoms with van der Waals surface area (Å²) in [4.78, 5) is 2.36. The number of rotatable bonds is 3. The van der Waals surface area contributed by atoms with Crippen LogP contribution in [0.4, 0.5) is 0 Å². The van der Waals surface area contributed by atoms with Gasteiger partial charge in [0.25, 0.3) is 0 Å². The SMILES string of the molecule is Cn1c(CO)nn(CN2CCc3ccc(C(C)(C)C)cc3C2)c1=S. The number of fused-ring (bicyclic) bond motifs is 1. The molecule has 0 unspecified atom stereocenters. The van der Waals surface area contributed by atoms with Gasteiger partial charge in [-0.2, -0.15) is 5.10 Å². The highest BCUT2D eigenvalue weighted by Gasteiger charge is 2.21. The highest BCUT2D eigenvalue weighted by molar-refractivity contribution is 7.71. The molecular weight excluding hydrogens is 320 g/mol. The van der Waals surface area contributed by atoms with Gasteiger partial charge in [-0.15, -0.1) is 0 Å². The Bertz CT molecular complexity index is 800. The third kappa shape index (κ3) is 3.31. The smallest absolute Gasteiger partial charge is 0.198 e. The van der Waals surface area contributed by atoms with Gasteiger partial charge in [0.05, 0.1) is 6.67 Å². The predicted molar refractivity (Wildman–Crippen MR) is 97.2 cm³/mol. The Kier molecular flexibility index (Phi) is 4.64. The predicted octanol–water partition coefficient (Wildman–Crippen LogP) is 2.76. The minimum absolute atomic E-state index is 0.0923. The lowest BCUT2D eigenvalue weighted by atomic mass is 9.84. The quantitative estimate of drug-likeness (QED) is 0.868. The summed E-state index contributed by atoms with van der Waals surface area (Å²) < 4.78 is 4.22. The zero-order valence-corrected chi connectivity index (χ0v) is 15.7. The van der Waals surface area contributed by atoms with Crippen molar-refractivity contribution >= 4 is 12.2 Å². The van der Waals surface area contributed by atoms with Crippen LogP contribution >= 0.6 is 12.2 Å². The molecule has 1 N–H and O–H groups in total. The van der Waals surface area contributed by atoms with Gasteiger partial charge in [-0.05, 0) is 40.7 Å². The molecule has 0 saturated carbocycles. The molecule has 0 fully saturated rings. The Morgan fingerprint density at radius 2 is 2.00 bits per heavy atom. The first-order valence-corrected chi connectivity index (χ1v) is 8.78. The van der Waals surface area contributed by atoms with Crippen molar-refractivity contribution in [2.75, 3.05) is 6.54 Å². The Hall–Kier alpha value is -1.50. The van der Waals surface area contributed by atoms with Crippen LogP contribution in [0.1, 0.15) is 43.3 Å². The van der Waals surface area contributed by atoms with Crippen LogP contribution in [0.2, 0.25) is 0 Å². The van der Waals surface area contributed by atoms with E-state index in [0.29, 0.717) is 17.3 Å². The maximum Gasteiger partial charge on any atom is 0.198 e. The summed E-state index contributed by atoms with van der Waals surface area (Å²) >= 11 is 5.42. The van der Waals surface area contributed by atoms with Crippen molar-refractivity contribution in [3.05, 3.63) is 45.5 Å². The fraction of sp³-hybridized carbons (Fsp3) is 0.556. The third-order valence-corrected chi connectivity index (χ3v) is 5.25. The second kappa shape index (κ2) is 6.43. The lowest BCUT2D eigenvalue weighted by Crippen LogP contribution is -2.33. The van der Waals surface area contributed by atoms with Crippen molar-refractivity contribution in [1.29, 1.82) is 0 Å². The Morgan fingerprint density at radius 1 is 1.25 bits per heavy atom. The van der Waals surface area contributed by atoms with E-state index in [2.05, 4.69) is 49.0 Å². The average Bonchev–Trinajstić information content (AvgIpc) is 2.81. The van der Waals surface area contributed by atoms with Crippen LogP contribution in [0, 0.1) is 4.77 Å². The van der Waals surface area contributed by atoms with Crippen molar-refractivity contribution in [1.82, 2.24) is 19.2 Å². The number of hydrogen-bond acceptors (Lipinski definition) is 4. The van der Waals surface area contributed by atoms with Gasteiger partial charge in [-0.1, -0.05) is 39.0 Å². The molecule has 130 valence electrons. The molecule has 0 spiro atoms. The van der Waals surface area contributed by atoms with Gasteiger partial charge < -0.3 is 9.67 Å². The van der Waals surface area contributed by atoms with Gasteiger partial charge in [0.1, 0.15) is 6.61 Å². The Labute approximate surface area is 148 Å². The number of aliphatic hydroxyl groups excluding tert-OH is 1. The molecule has 0 aliphatic carbocycles. The largest absolute Gasteiger partial charge is 0.388 e. The summed E-state index contributed by atoms with van der Waals surface area (Å²) in [7, 11) is 1.85. The number of nitrogens with zero attached hydrogens (tertiary/aromatic N) is 4. The highest BCUT2D eigenvalue weighted by atomic mass is 32.1. The number of hydrogen-bond donors (Lipinski definition) is 1. The fourth-order valence-corrected chi connectivity index (χ4v) is 3.36. The molecule has 1 aromatic heterocycles. The van der Waals surface area contributed by atoms with Gasteiger partial charge in [0.15, 0.2) is 10.6 Å². The fourth-order valence-electron chi connectivity index (χ4n) is 3.15. The van der Waals surface area contributed by atoms with Crippen molar-refractivity contribution in [2.24, 2.45) is 7.05 Å². The number of aromatic nitrogens is 3. The summed E-state index contributed by atoms with van der Waals surface area (Å²) in [5.41, 5.74) is 4.38. The average molecular weight is 347 g/mol. The van der Waals surface area contributed by atoms with Gasteiger partial charge in [0, 0.05) is 20.1 Å². The van der Waals surface area contributed by atoms with Gasteiger partial charge in [0.2, 0.25) is 0 Å². The van der Waals surface area contributed by atoms with Crippen molar-refractivity contribution in [2.45, 2.75) is 52.4 Å². The summed E-state index contributed by atoms with van der Waals surface area (Å²) in [5, 5.41) is 13.8. The summed E-state index contributed by atoms with van der Waals surface area (Å²) in [6.45, 7) is 9.22. The van der Waals surface area contributed by atoms with Crippen LogP contribution in [0.5, 0.6) is 0 Å². The molecule has 0 bridgehead atoms. The molecule has 1 aliphatic rings. The van der Waals surface area contributed by atoms with Crippen LogP contribution in [0.25, 0.3) is 0 Å². The van der Waals surface area contributed by atoms with Crippen LogP contribution in [0.3, 0.4) is 0 Å². The second-order valence-corrected chi connectivity index (χ2v) is 7.96. The van der Waals surface area contributed by atoms with Crippen LogP contribution < -0.4 is 0 Å². The Balaban J connectivity index is 1.81. The first-order valence-electron chi connectivity index (χ1n) is 8.38. The molecule has 6 heteroatoms. The third-order valence-electron chi connectivity index (χ3n) is 4.77. The first-order chi connectivity index (χ1) is 11.3. The molecule has 1 aromatic carbocycles. The molecule has 3 rings (SSSR count).